The molecule has 1 fully saturated rings. The van der Waals surface area contributed by atoms with Gasteiger partial charge in [-0.3, -0.25) is 0 Å². The second-order valence-electron chi connectivity index (χ2n) is 5.50. The first-order valence-corrected chi connectivity index (χ1v) is 5.81. The summed E-state index contributed by atoms with van der Waals surface area (Å²) in [6, 6.07) is 0. The lowest BCUT2D eigenvalue weighted by Gasteiger charge is -2.32. The first-order chi connectivity index (χ1) is 6.71. The summed E-state index contributed by atoms with van der Waals surface area (Å²) in [5.41, 5.74) is -0.586. The van der Waals surface area contributed by atoms with E-state index >= 15 is 0 Å². The first kappa shape index (κ1) is 13.3. The van der Waals surface area contributed by atoms with E-state index in [1.165, 1.54) is 0 Å². The van der Waals surface area contributed by atoms with Crippen molar-refractivity contribution in [3.8, 4) is 0 Å². The highest BCUT2D eigenvalue weighted by molar-refractivity contribution is 6.48. The summed E-state index contributed by atoms with van der Waals surface area (Å²) in [5.74, 6) is 0.366. The Morgan fingerprint density at radius 3 is 1.73 bits per heavy atom. The van der Waals surface area contributed by atoms with Gasteiger partial charge in [0, 0.05) is 0 Å². The number of rotatable bonds is 3. The number of nitrogens with one attached hydrogen (secondary N) is 1. The lowest BCUT2D eigenvalue weighted by Crippen LogP contribution is -2.45. The molecule has 3 nitrogen and oxygen atoms in total. The van der Waals surface area contributed by atoms with Gasteiger partial charge < -0.3 is 9.31 Å². The van der Waals surface area contributed by atoms with Gasteiger partial charge in [-0.05, 0) is 45.4 Å². The summed E-state index contributed by atoms with van der Waals surface area (Å²) in [4.78, 5) is 2.74. The van der Waals surface area contributed by atoms with E-state index in [0.29, 0.717) is 5.92 Å². The minimum absolute atomic E-state index is 0.00715. The molecule has 0 amide bonds. The summed E-state index contributed by atoms with van der Waals surface area (Å²) in [5, 5.41) is 0. The molecule has 0 unspecified atom stereocenters. The van der Waals surface area contributed by atoms with E-state index in [1.807, 2.05) is 27.7 Å². The minimum atomic E-state index is -0.293. The molecule has 88 valence electrons. The fourth-order valence-corrected chi connectivity index (χ4v) is 1.88. The fourth-order valence-electron chi connectivity index (χ4n) is 1.53. The summed E-state index contributed by atoms with van der Waals surface area (Å²) in [6.45, 7) is 12.3. The molecule has 15 heavy (non-hydrogen) atoms. The molecule has 1 N–H and O–H groups in total. The zero-order valence-electron chi connectivity index (χ0n) is 10.4. The minimum Gasteiger partial charge on any atom is -0.402 e. The van der Waals surface area contributed by atoms with Crippen molar-refractivity contribution in [3.63, 3.8) is 0 Å². The molecule has 0 bridgehead atoms. The third kappa shape index (κ3) is 2.49. The van der Waals surface area contributed by atoms with Crippen LogP contribution < -0.4 is 4.84 Å². The monoisotopic (exact) mass is 233 g/mol. The van der Waals surface area contributed by atoms with Crippen LogP contribution in [0.3, 0.4) is 0 Å². The molecule has 1 atom stereocenters. The third-order valence-corrected chi connectivity index (χ3v) is 3.66. The molecule has 0 aliphatic carbocycles. The van der Waals surface area contributed by atoms with Crippen molar-refractivity contribution in [2.75, 3.05) is 0 Å². The van der Waals surface area contributed by atoms with Gasteiger partial charge >= 0.3 is 7.12 Å². The topological polar surface area (TPSA) is 30.5 Å². The molecule has 1 aliphatic rings. The van der Waals surface area contributed by atoms with Gasteiger partial charge in [-0.1, -0.05) is 13.8 Å². The molecule has 0 aromatic heterocycles. The van der Waals surface area contributed by atoms with E-state index in [1.54, 1.807) is 0 Å². The molecule has 1 heterocycles. The average molecular weight is 234 g/mol. The maximum atomic E-state index is 5.91. The lowest BCUT2D eigenvalue weighted by atomic mass is 9.73. The van der Waals surface area contributed by atoms with Crippen LogP contribution in [0.4, 0.5) is 0 Å². The van der Waals surface area contributed by atoms with Gasteiger partial charge in [-0.2, -0.15) is 0 Å². The van der Waals surface area contributed by atoms with Gasteiger partial charge in [0.15, 0.2) is 0 Å². The lowest BCUT2D eigenvalue weighted by molar-refractivity contribution is 0.00578. The van der Waals surface area contributed by atoms with E-state index < -0.39 is 0 Å². The van der Waals surface area contributed by atoms with Crippen molar-refractivity contribution >= 4 is 18.9 Å². The number of hydrogen-bond donors (Lipinski definition) is 1. The van der Waals surface area contributed by atoms with Crippen molar-refractivity contribution in [2.24, 2.45) is 5.92 Å². The van der Waals surface area contributed by atoms with E-state index in [-0.39, 0.29) is 24.3 Å². The van der Waals surface area contributed by atoms with E-state index in [4.69, 9.17) is 21.1 Å². The van der Waals surface area contributed by atoms with Crippen LogP contribution in [-0.4, -0.2) is 24.3 Å². The molecule has 1 rings (SSSR count). The van der Waals surface area contributed by atoms with Crippen LogP contribution in [0.5, 0.6) is 0 Å². The van der Waals surface area contributed by atoms with Gasteiger partial charge in [0.25, 0.3) is 0 Å². The van der Waals surface area contributed by atoms with Crippen molar-refractivity contribution in [3.05, 3.63) is 0 Å². The largest absolute Gasteiger partial charge is 0.477 e. The van der Waals surface area contributed by atoms with Crippen LogP contribution in [0.1, 0.15) is 41.5 Å². The van der Waals surface area contributed by atoms with Crippen LogP contribution in [0.25, 0.3) is 0 Å². The first-order valence-electron chi connectivity index (χ1n) is 5.43. The smallest absolute Gasteiger partial charge is 0.402 e. The maximum absolute atomic E-state index is 5.91. The predicted molar refractivity (Wildman–Crippen MR) is 63.7 cm³/mol. The zero-order valence-corrected chi connectivity index (χ0v) is 11.2. The Bertz CT molecular complexity index is 217. The second-order valence-corrected chi connectivity index (χ2v) is 5.72. The van der Waals surface area contributed by atoms with Gasteiger partial charge in [0.1, 0.15) is 0 Å². The maximum Gasteiger partial charge on any atom is 0.477 e. The Morgan fingerprint density at radius 2 is 1.47 bits per heavy atom. The van der Waals surface area contributed by atoms with Gasteiger partial charge in [-0.15, -0.1) is 0 Å². The highest BCUT2D eigenvalue weighted by atomic mass is 35.5. The quantitative estimate of drug-likeness (QED) is 0.600. The number of hydrogen-bond acceptors (Lipinski definition) is 3. The Labute approximate surface area is 98.1 Å². The van der Waals surface area contributed by atoms with Gasteiger partial charge in [0.2, 0.25) is 0 Å². The summed E-state index contributed by atoms with van der Waals surface area (Å²) in [6.07, 6.45) is 0. The summed E-state index contributed by atoms with van der Waals surface area (Å²) >= 11 is 5.72. The summed E-state index contributed by atoms with van der Waals surface area (Å²) in [7, 11) is -0.285. The Morgan fingerprint density at radius 1 is 1.07 bits per heavy atom. The highest BCUT2D eigenvalue weighted by Gasteiger charge is 2.54. The average Bonchev–Trinajstić information content (AvgIpc) is 2.21. The van der Waals surface area contributed by atoms with E-state index in [2.05, 4.69) is 18.7 Å². The van der Waals surface area contributed by atoms with Crippen molar-refractivity contribution in [1.29, 1.82) is 0 Å². The molecule has 0 saturated carbocycles. The SMILES string of the molecule is CC(C)[C@H](NCl)B1OC(C)(C)C(C)(C)O1. The van der Waals surface area contributed by atoms with E-state index in [9.17, 15) is 0 Å². The van der Waals surface area contributed by atoms with Crippen LogP contribution in [0.2, 0.25) is 0 Å². The molecule has 1 aliphatic heterocycles. The molecule has 0 aromatic rings. The molecule has 0 spiro atoms. The Hall–Kier alpha value is 0.235. The second kappa shape index (κ2) is 4.25. The molecular weight excluding hydrogens is 212 g/mol. The van der Waals surface area contributed by atoms with E-state index in [0.717, 1.165) is 0 Å². The highest BCUT2D eigenvalue weighted by Crippen LogP contribution is 2.38. The van der Waals surface area contributed by atoms with Crippen molar-refractivity contribution < 1.29 is 9.31 Å². The molecule has 1 saturated heterocycles. The normalized spacial score (nSPS) is 26.0. The van der Waals surface area contributed by atoms with Crippen molar-refractivity contribution in [1.82, 2.24) is 4.84 Å². The standard InChI is InChI=1S/C10H21BClNO2/c1-7(2)8(13-12)11-14-9(3,4)10(5,6)15-11/h7-8,13H,1-6H3/t8-/m0/s1. The molecule has 0 aromatic carbocycles. The van der Waals surface area contributed by atoms with Gasteiger partial charge in [0.05, 0.1) is 17.1 Å². The third-order valence-electron chi connectivity index (χ3n) is 3.41. The molecule has 0 radical (unpaired) electrons. The Balaban J connectivity index is 2.77. The fraction of sp³-hybridized carbons (Fsp3) is 1.00. The Kier molecular flexibility index (Phi) is 3.76. The van der Waals surface area contributed by atoms with Crippen LogP contribution in [0.15, 0.2) is 0 Å². The molecule has 5 heteroatoms. The van der Waals surface area contributed by atoms with Crippen molar-refractivity contribution in [2.45, 2.75) is 58.7 Å². The summed E-state index contributed by atoms with van der Waals surface area (Å²) < 4.78 is 11.8. The zero-order chi connectivity index (χ0) is 11.9. The predicted octanol–water partition coefficient (Wildman–Crippen LogP) is 2.39. The van der Waals surface area contributed by atoms with Crippen LogP contribution in [0, 0.1) is 5.92 Å². The van der Waals surface area contributed by atoms with Crippen LogP contribution in [-0.2, 0) is 9.31 Å². The van der Waals surface area contributed by atoms with Crippen LogP contribution >= 0.6 is 11.8 Å². The molecular formula is C10H21BClNO2. The van der Waals surface area contributed by atoms with Gasteiger partial charge in [-0.25, -0.2) is 4.84 Å². The number of halogens is 1.